The monoisotopic (exact) mass is 376 g/mol. The molecular weight excluding hydrogens is 350 g/mol. The molecule has 1 fully saturated rings. The highest BCUT2D eigenvalue weighted by atomic mass is 35.5. The normalized spacial score (nSPS) is 31.8. The van der Waals surface area contributed by atoms with Crippen molar-refractivity contribution in [3.8, 4) is 11.3 Å². The van der Waals surface area contributed by atoms with Crippen molar-refractivity contribution in [2.45, 2.75) is 19.1 Å². The molecule has 1 atom stereocenters. The Balaban J connectivity index is 1.92. The first-order chi connectivity index (χ1) is 16.1. The molecule has 0 spiro atoms. The summed E-state index contributed by atoms with van der Waals surface area (Å²) in [7, 11) is 0. The van der Waals surface area contributed by atoms with Crippen LogP contribution in [-0.4, -0.2) is 32.6 Å². The van der Waals surface area contributed by atoms with Gasteiger partial charge in [-0.2, -0.15) is 5.10 Å². The number of aromatic nitrogens is 4. The van der Waals surface area contributed by atoms with E-state index in [1.165, 1.54) is 24.5 Å². The Kier molecular flexibility index (Phi) is 2.59. The number of pyridine rings is 2. The molecule has 0 aromatic carbocycles. The summed E-state index contributed by atoms with van der Waals surface area (Å²) >= 11 is 5.75. The van der Waals surface area contributed by atoms with Gasteiger partial charge in [0.2, 0.25) is 5.91 Å². The molecule has 1 aliphatic heterocycles. The molecule has 1 aliphatic rings. The molecule has 0 bridgehead atoms. The highest BCUT2D eigenvalue weighted by Gasteiger charge is 2.31. The molecular formula is C19H18ClN5O. The molecule has 4 heterocycles. The van der Waals surface area contributed by atoms with E-state index in [0.29, 0.717) is 11.3 Å². The van der Waals surface area contributed by atoms with E-state index in [-0.39, 0.29) is 10.1 Å². The van der Waals surface area contributed by atoms with E-state index in [1.54, 1.807) is 12.1 Å². The fourth-order valence-electron chi connectivity index (χ4n) is 2.31. The zero-order valence-corrected chi connectivity index (χ0v) is 13.9. The molecule has 1 N–H and O–H groups in total. The largest absolute Gasteiger partial charge is 0.295 e. The van der Waals surface area contributed by atoms with Crippen molar-refractivity contribution in [1.29, 1.82) is 0 Å². The van der Waals surface area contributed by atoms with Crippen molar-refractivity contribution < 1.29 is 17.1 Å². The Morgan fingerprint density at radius 2 is 2.23 bits per heavy atom. The van der Waals surface area contributed by atoms with Crippen LogP contribution in [-0.2, 0) is 11.2 Å². The number of nitrogens with one attached hydrogen (secondary N) is 1. The number of amides is 1. The summed E-state index contributed by atoms with van der Waals surface area (Å²) in [6, 6.07) is 6.71. The number of carbonyl (C=O) groups is 1. The maximum absolute atomic E-state index is 13.7. The zero-order valence-electron chi connectivity index (χ0n) is 22.2. The summed E-state index contributed by atoms with van der Waals surface area (Å²) in [4.78, 5) is 21.6. The van der Waals surface area contributed by atoms with Gasteiger partial charge in [-0.25, -0.2) is 4.98 Å². The van der Waals surface area contributed by atoms with E-state index in [4.69, 9.17) is 23.9 Å². The van der Waals surface area contributed by atoms with Gasteiger partial charge >= 0.3 is 0 Å². The number of H-pyrrole nitrogens is 1. The van der Waals surface area contributed by atoms with Crippen LogP contribution in [0.1, 0.15) is 30.6 Å². The van der Waals surface area contributed by atoms with E-state index >= 15 is 0 Å². The molecule has 3 aromatic heterocycles. The predicted molar refractivity (Wildman–Crippen MR) is 99.8 cm³/mol. The Labute approximate surface area is 168 Å². The second kappa shape index (κ2) is 7.25. The van der Waals surface area contributed by atoms with Crippen LogP contribution in [0.15, 0.2) is 48.9 Å². The van der Waals surface area contributed by atoms with Crippen molar-refractivity contribution >= 4 is 23.3 Å². The molecule has 7 heteroatoms. The van der Waals surface area contributed by atoms with E-state index in [1.807, 2.05) is 0 Å². The molecule has 6 nitrogen and oxygen atoms in total. The van der Waals surface area contributed by atoms with E-state index in [9.17, 15) is 4.79 Å². The van der Waals surface area contributed by atoms with Gasteiger partial charge in [0, 0.05) is 54.9 Å². The average molecular weight is 377 g/mol. The number of aromatic amines is 1. The van der Waals surface area contributed by atoms with E-state index in [2.05, 4.69) is 20.2 Å². The van der Waals surface area contributed by atoms with Crippen molar-refractivity contribution in [1.82, 2.24) is 20.2 Å². The fourth-order valence-corrected chi connectivity index (χ4v) is 2.42. The van der Waals surface area contributed by atoms with Gasteiger partial charge in [-0.3, -0.25) is 19.8 Å². The van der Waals surface area contributed by atoms with Crippen LogP contribution in [0.3, 0.4) is 0 Å². The topological polar surface area (TPSA) is 74.8 Å². The Hall–Kier alpha value is -2.73. The smallest absolute Gasteiger partial charge is 0.231 e. The number of carbonyl (C=O) groups excluding carboxylic acids is 1. The molecule has 132 valence electrons. The van der Waals surface area contributed by atoms with Crippen LogP contribution in [0.4, 0.5) is 5.82 Å². The number of halogens is 1. The molecule has 3 aromatic rings. The molecule has 0 saturated carbocycles. The van der Waals surface area contributed by atoms with Crippen molar-refractivity contribution in [2.75, 3.05) is 11.4 Å². The number of nitrogens with zero attached hydrogens (tertiary/aromatic N) is 4. The van der Waals surface area contributed by atoms with Gasteiger partial charge in [-0.1, -0.05) is 17.7 Å². The average Bonchev–Trinajstić information content (AvgIpc) is 3.27. The minimum atomic E-state index is -3.65. The molecule has 1 amide bonds. The van der Waals surface area contributed by atoms with Crippen LogP contribution in [0.25, 0.3) is 11.3 Å². The SMILES string of the molecule is [2H]C1([2H])N(c2cc(-c3ccncc3)[nH]n2)C(=O)[C@@]([2H])(C([2H])([2H])c2ccc(Cl)nc2)C([2H])([2H])C1([2H])[2H]. The Morgan fingerprint density at radius 3 is 3.00 bits per heavy atom. The summed E-state index contributed by atoms with van der Waals surface area (Å²) in [5.74, 6) is -5.61. The van der Waals surface area contributed by atoms with Crippen LogP contribution in [0.5, 0.6) is 0 Å². The van der Waals surface area contributed by atoms with Crippen molar-refractivity contribution in [2.24, 2.45) is 5.89 Å². The molecule has 4 rings (SSSR count). The summed E-state index contributed by atoms with van der Waals surface area (Å²) in [5.41, 5.74) is 0.453. The van der Waals surface area contributed by atoms with Crippen molar-refractivity contribution in [3.63, 3.8) is 0 Å². The van der Waals surface area contributed by atoms with Crippen LogP contribution in [0.2, 0.25) is 5.15 Å². The number of rotatable bonds is 4. The highest BCUT2D eigenvalue weighted by Crippen LogP contribution is 2.28. The summed E-state index contributed by atoms with van der Waals surface area (Å²) in [6.07, 6.45) is -6.49. The highest BCUT2D eigenvalue weighted by molar-refractivity contribution is 6.29. The zero-order chi connectivity index (χ0) is 26.0. The fraction of sp³-hybridized carbons (Fsp3) is 0.263. The summed E-state index contributed by atoms with van der Waals surface area (Å²) < 4.78 is 76.4. The third-order valence-electron chi connectivity index (χ3n) is 3.55. The van der Waals surface area contributed by atoms with Crippen molar-refractivity contribution in [3.05, 3.63) is 59.6 Å². The minimum Gasteiger partial charge on any atom is -0.295 e. The summed E-state index contributed by atoms with van der Waals surface area (Å²) in [5, 5.41) is 6.48. The van der Waals surface area contributed by atoms with Gasteiger partial charge in [-0.05, 0) is 42.9 Å². The molecule has 26 heavy (non-hydrogen) atoms. The van der Waals surface area contributed by atoms with Crippen LogP contribution in [0, 0.1) is 5.89 Å². The van der Waals surface area contributed by atoms with Crippen LogP contribution >= 0.6 is 11.6 Å². The van der Waals surface area contributed by atoms with Gasteiger partial charge in [0.25, 0.3) is 0 Å². The third-order valence-corrected chi connectivity index (χ3v) is 3.78. The molecule has 0 aliphatic carbocycles. The van der Waals surface area contributed by atoms with Gasteiger partial charge in [0.15, 0.2) is 5.82 Å². The number of anilines is 1. The first-order valence-corrected chi connectivity index (χ1v) is 7.91. The minimum absolute atomic E-state index is 0.0185. The lowest BCUT2D eigenvalue weighted by Crippen LogP contribution is -2.42. The lowest BCUT2D eigenvalue weighted by atomic mass is 9.91. The second-order valence-electron chi connectivity index (χ2n) is 5.25. The predicted octanol–water partition coefficient (Wildman–Crippen LogP) is 3.51. The van der Waals surface area contributed by atoms with Crippen LogP contribution < -0.4 is 4.90 Å². The van der Waals surface area contributed by atoms with E-state index < -0.39 is 48.8 Å². The maximum atomic E-state index is 13.7. The first kappa shape index (κ1) is 9.28. The molecule has 1 saturated heterocycles. The third kappa shape index (κ3) is 3.46. The van der Waals surface area contributed by atoms with Gasteiger partial charge in [0.1, 0.15) is 5.15 Å². The number of hydrogen-bond donors (Lipinski definition) is 1. The number of piperidine rings is 1. The lowest BCUT2D eigenvalue weighted by Gasteiger charge is -2.30. The molecule has 0 radical (unpaired) electrons. The van der Waals surface area contributed by atoms with Gasteiger partial charge in [0.05, 0.1) is 5.69 Å². The number of hydrogen-bond acceptors (Lipinski definition) is 4. The quantitative estimate of drug-likeness (QED) is 0.707. The summed E-state index contributed by atoms with van der Waals surface area (Å²) in [6.45, 7) is -3.35. The Bertz CT molecular complexity index is 1270. The maximum Gasteiger partial charge on any atom is 0.231 e. The molecule has 0 unspecified atom stereocenters. The van der Waals surface area contributed by atoms with E-state index in [0.717, 1.165) is 12.3 Å². The second-order valence-corrected chi connectivity index (χ2v) is 5.63. The van der Waals surface area contributed by atoms with Gasteiger partial charge in [-0.15, -0.1) is 0 Å². The Morgan fingerprint density at radius 1 is 1.38 bits per heavy atom. The lowest BCUT2D eigenvalue weighted by molar-refractivity contribution is -0.123. The van der Waals surface area contributed by atoms with Gasteiger partial charge < -0.3 is 0 Å². The first-order valence-electron chi connectivity index (χ1n) is 12.0. The standard InChI is InChI=1S/C19H18ClN5O/c20-17-4-3-13(12-22-17)10-15-2-1-9-25(19(15)26)18-11-16(23-24-18)14-5-7-21-8-6-14/h3-8,11-12,15H,1-2,9-10H2,(H,23,24)/t15-/m1/s1/i1D2,2D2,9D2,10D2,15D.